The third-order valence-corrected chi connectivity index (χ3v) is 5.39. The number of likely N-dealkylation sites (N-methyl/N-ethyl adjacent to an activating group) is 1. The zero-order valence-electron chi connectivity index (χ0n) is 17.8. The second-order valence-electron chi connectivity index (χ2n) is 7.61. The number of nitrogens with zero attached hydrogens (tertiary/aromatic N) is 5. The van der Waals surface area contributed by atoms with E-state index in [0.29, 0.717) is 31.0 Å². The number of hydrogen-bond acceptors (Lipinski definition) is 6. The Kier molecular flexibility index (Phi) is 5.83. The lowest BCUT2D eigenvalue weighted by Gasteiger charge is -2.32. The van der Waals surface area contributed by atoms with Crippen molar-refractivity contribution in [1.82, 2.24) is 19.7 Å². The Hall–Kier alpha value is -3.49. The molecule has 1 N–H and O–H groups in total. The molecule has 3 heterocycles. The number of aromatic nitrogens is 4. The maximum Gasteiger partial charge on any atom is 0.246 e. The largest absolute Gasteiger partial charge is 0.492 e. The zero-order valence-corrected chi connectivity index (χ0v) is 17.8. The zero-order chi connectivity index (χ0) is 22.0. The number of halogens is 1. The van der Waals surface area contributed by atoms with Crippen molar-refractivity contribution in [3.05, 3.63) is 59.6 Å². The van der Waals surface area contributed by atoms with Crippen molar-refractivity contribution in [1.29, 1.82) is 0 Å². The highest BCUT2D eigenvalue weighted by Gasteiger charge is 2.30. The molecule has 2 aromatic heterocycles. The Morgan fingerprint density at radius 3 is 2.74 bits per heavy atom. The number of anilines is 2. The third kappa shape index (κ3) is 4.65. The molecule has 8 nitrogen and oxygen atoms in total. The second-order valence-corrected chi connectivity index (χ2v) is 7.61. The Labute approximate surface area is 180 Å². The molecule has 0 aliphatic carbocycles. The second kappa shape index (κ2) is 8.71. The minimum atomic E-state index is -0.284. The van der Waals surface area contributed by atoms with Crippen molar-refractivity contribution in [2.75, 3.05) is 23.9 Å². The summed E-state index contributed by atoms with van der Waals surface area (Å²) in [4.78, 5) is 23.2. The molecular formula is C22H25FN6O2. The van der Waals surface area contributed by atoms with E-state index in [1.165, 1.54) is 12.1 Å². The molecule has 0 radical (unpaired) electrons. The van der Waals surface area contributed by atoms with E-state index in [2.05, 4.69) is 20.4 Å². The molecule has 0 saturated heterocycles. The van der Waals surface area contributed by atoms with Crippen molar-refractivity contribution in [2.45, 2.75) is 39.3 Å². The van der Waals surface area contributed by atoms with E-state index >= 15 is 0 Å². The van der Waals surface area contributed by atoms with Crippen molar-refractivity contribution in [3.8, 4) is 5.75 Å². The van der Waals surface area contributed by atoms with Crippen LogP contribution in [0.25, 0.3) is 0 Å². The summed E-state index contributed by atoms with van der Waals surface area (Å²) in [5.74, 6) is 1.78. The van der Waals surface area contributed by atoms with Crippen LogP contribution < -0.4 is 15.0 Å². The molecule has 1 amide bonds. The predicted molar refractivity (Wildman–Crippen MR) is 115 cm³/mol. The average Bonchev–Trinajstić information content (AvgIpc) is 3.21. The maximum atomic E-state index is 12.9. The van der Waals surface area contributed by atoms with Gasteiger partial charge in [0.25, 0.3) is 0 Å². The summed E-state index contributed by atoms with van der Waals surface area (Å²) in [6, 6.07) is 5.68. The fraction of sp³-hybridized carbons (Fsp3) is 0.364. The molecule has 9 heteroatoms. The lowest BCUT2D eigenvalue weighted by atomic mass is 10.1. The van der Waals surface area contributed by atoms with Crippen LogP contribution in [0.1, 0.15) is 24.0 Å². The molecule has 1 aliphatic rings. The number of fused-ring (bicyclic) bond motifs is 1. The van der Waals surface area contributed by atoms with Crippen molar-refractivity contribution < 1.29 is 13.9 Å². The summed E-state index contributed by atoms with van der Waals surface area (Å²) in [5.41, 5.74) is 2.53. The smallest absolute Gasteiger partial charge is 0.246 e. The number of nitrogens with one attached hydrogen (secondary N) is 1. The highest BCUT2D eigenvalue weighted by molar-refractivity contribution is 6.02. The van der Waals surface area contributed by atoms with Gasteiger partial charge in [-0.1, -0.05) is 0 Å². The van der Waals surface area contributed by atoms with Gasteiger partial charge in [0.1, 0.15) is 35.7 Å². The Balaban J connectivity index is 1.34. The van der Waals surface area contributed by atoms with Gasteiger partial charge in [-0.25, -0.2) is 14.4 Å². The van der Waals surface area contributed by atoms with E-state index in [9.17, 15) is 9.18 Å². The van der Waals surface area contributed by atoms with Gasteiger partial charge in [0, 0.05) is 19.7 Å². The first kappa shape index (κ1) is 20.8. The number of rotatable bonds is 7. The molecule has 1 aliphatic heterocycles. The van der Waals surface area contributed by atoms with Crippen LogP contribution in [-0.2, 0) is 24.2 Å². The normalized spacial score (nSPS) is 15.5. The predicted octanol–water partition coefficient (Wildman–Crippen LogP) is 2.76. The molecular weight excluding hydrogens is 399 g/mol. The molecule has 162 valence electrons. The summed E-state index contributed by atoms with van der Waals surface area (Å²) in [5, 5.41) is 7.27. The standard InChI is InChI=1S/C22H25FN6O2/c1-14-20-21(28(3)15(2)22(30)27-20)26-19(25-14)9-4-16-12-24-29(13-16)10-11-31-18-7-5-17(23)6-8-18/h5-8,12-13,15H,4,9-11H2,1-3H3,(H,27,30)/t15-/m0/s1. The topological polar surface area (TPSA) is 85.2 Å². The first-order valence-electron chi connectivity index (χ1n) is 10.2. The highest BCUT2D eigenvalue weighted by atomic mass is 19.1. The van der Waals surface area contributed by atoms with Crippen molar-refractivity contribution in [3.63, 3.8) is 0 Å². The maximum absolute atomic E-state index is 12.9. The minimum absolute atomic E-state index is 0.0507. The third-order valence-electron chi connectivity index (χ3n) is 5.39. The number of benzene rings is 1. The number of hydrogen-bond donors (Lipinski definition) is 1. The molecule has 1 aromatic carbocycles. The Morgan fingerprint density at radius 2 is 1.97 bits per heavy atom. The lowest BCUT2D eigenvalue weighted by molar-refractivity contribution is -0.117. The van der Waals surface area contributed by atoms with E-state index in [1.807, 2.05) is 42.9 Å². The minimum Gasteiger partial charge on any atom is -0.492 e. The summed E-state index contributed by atoms with van der Waals surface area (Å²) in [7, 11) is 1.87. The Bertz CT molecular complexity index is 1080. The van der Waals surface area contributed by atoms with Crippen LogP contribution in [0.3, 0.4) is 0 Å². The van der Waals surface area contributed by atoms with Crippen molar-refractivity contribution >= 4 is 17.4 Å². The SMILES string of the molecule is Cc1nc(CCc2cnn(CCOc3ccc(F)cc3)c2)nc2c1NC(=O)[C@H](C)N2C. The number of carbonyl (C=O) groups excluding carboxylic acids is 1. The molecule has 3 aromatic rings. The van der Waals surface area contributed by atoms with Crippen LogP contribution in [0.4, 0.5) is 15.9 Å². The fourth-order valence-corrected chi connectivity index (χ4v) is 3.42. The van der Waals surface area contributed by atoms with E-state index in [4.69, 9.17) is 4.74 Å². The van der Waals surface area contributed by atoms with Crippen LogP contribution in [0, 0.1) is 12.7 Å². The van der Waals surface area contributed by atoms with E-state index in [0.717, 1.165) is 29.3 Å². The van der Waals surface area contributed by atoms with Gasteiger partial charge in [0.2, 0.25) is 5.91 Å². The van der Waals surface area contributed by atoms with Gasteiger partial charge < -0.3 is 15.0 Å². The van der Waals surface area contributed by atoms with Gasteiger partial charge in [-0.2, -0.15) is 5.10 Å². The van der Waals surface area contributed by atoms with E-state index in [1.54, 1.807) is 12.1 Å². The molecule has 0 unspecified atom stereocenters. The number of aryl methyl sites for hydroxylation is 3. The molecule has 31 heavy (non-hydrogen) atoms. The number of amides is 1. The van der Waals surface area contributed by atoms with Gasteiger partial charge in [-0.15, -0.1) is 0 Å². The van der Waals surface area contributed by atoms with E-state index in [-0.39, 0.29) is 17.8 Å². The molecule has 0 fully saturated rings. The van der Waals surface area contributed by atoms with E-state index < -0.39 is 0 Å². The molecule has 0 saturated carbocycles. The van der Waals surface area contributed by atoms with Gasteiger partial charge in [-0.3, -0.25) is 9.48 Å². The van der Waals surface area contributed by atoms with Gasteiger partial charge in [-0.05, 0) is 50.1 Å². The molecule has 0 spiro atoms. The number of ether oxygens (including phenoxy) is 1. The van der Waals surface area contributed by atoms with Crippen LogP contribution in [0.5, 0.6) is 5.75 Å². The summed E-state index contributed by atoms with van der Waals surface area (Å²) < 4.78 is 20.4. The summed E-state index contributed by atoms with van der Waals surface area (Å²) >= 11 is 0. The average molecular weight is 424 g/mol. The Morgan fingerprint density at radius 1 is 1.19 bits per heavy atom. The first-order valence-corrected chi connectivity index (χ1v) is 10.2. The summed E-state index contributed by atoms with van der Waals surface area (Å²) in [6.07, 6.45) is 5.23. The quantitative estimate of drug-likeness (QED) is 0.628. The summed E-state index contributed by atoms with van der Waals surface area (Å²) in [6.45, 7) is 4.77. The molecule has 1 atom stereocenters. The van der Waals surface area contributed by atoms with Crippen LogP contribution in [0.15, 0.2) is 36.7 Å². The first-order chi connectivity index (χ1) is 14.9. The number of carbonyl (C=O) groups is 1. The van der Waals surface area contributed by atoms with Crippen LogP contribution in [-0.4, -0.2) is 45.4 Å². The monoisotopic (exact) mass is 424 g/mol. The van der Waals surface area contributed by atoms with Crippen LogP contribution >= 0.6 is 0 Å². The van der Waals surface area contributed by atoms with Gasteiger partial charge in [0.15, 0.2) is 5.82 Å². The fourth-order valence-electron chi connectivity index (χ4n) is 3.42. The molecule has 4 rings (SSSR count). The van der Waals surface area contributed by atoms with Crippen LogP contribution in [0.2, 0.25) is 0 Å². The highest BCUT2D eigenvalue weighted by Crippen LogP contribution is 2.31. The van der Waals surface area contributed by atoms with Gasteiger partial charge >= 0.3 is 0 Å². The lowest BCUT2D eigenvalue weighted by Crippen LogP contribution is -2.45. The van der Waals surface area contributed by atoms with Crippen molar-refractivity contribution in [2.24, 2.45) is 0 Å². The molecule has 0 bridgehead atoms. The van der Waals surface area contributed by atoms with Gasteiger partial charge in [0.05, 0.1) is 18.4 Å².